The molecule has 120 valence electrons. The number of hydrogen-bond donors (Lipinski definition) is 1. The van der Waals surface area contributed by atoms with E-state index in [1.54, 1.807) is 19.9 Å². The molecule has 0 fully saturated rings. The van der Waals surface area contributed by atoms with Gasteiger partial charge < -0.3 is 10.2 Å². The predicted octanol–water partition coefficient (Wildman–Crippen LogP) is 3.60. The topological polar surface area (TPSA) is 28.2 Å². The fraction of sp³-hybridized carbons (Fsp3) is 0.667. The zero-order chi connectivity index (χ0) is 16.0. The lowest BCUT2D eigenvalue weighted by molar-refractivity contribution is -0.120. The Morgan fingerprint density at radius 1 is 1.24 bits per heavy atom. The van der Waals surface area contributed by atoms with Gasteiger partial charge in [-0.3, -0.25) is 0 Å². The van der Waals surface area contributed by atoms with Crippen LogP contribution in [0.25, 0.3) is 0 Å². The highest BCUT2D eigenvalue weighted by Crippen LogP contribution is 2.25. The molecule has 0 aliphatic heterocycles. The predicted molar refractivity (Wildman–Crippen MR) is 79.3 cm³/mol. The van der Waals surface area contributed by atoms with E-state index in [9.17, 15) is 13.2 Å². The van der Waals surface area contributed by atoms with Crippen molar-refractivity contribution < 1.29 is 13.2 Å². The molecule has 1 aromatic rings. The summed E-state index contributed by atoms with van der Waals surface area (Å²) >= 11 is 0. The Labute approximate surface area is 124 Å². The highest BCUT2D eigenvalue weighted by atomic mass is 19.4. The van der Waals surface area contributed by atoms with Gasteiger partial charge in [0.25, 0.3) is 0 Å². The van der Waals surface area contributed by atoms with Crippen molar-refractivity contribution in [3.63, 3.8) is 0 Å². The summed E-state index contributed by atoms with van der Waals surface area (Å²) in [5.74, 6) is 0.891. The second kappa shape index (κ2) is 7.64. The minimum atomic E-state index is -4.25. The van der Waals surface area contributed by atoms with E-state index in [-0.39, 0.29) is 6.04 Å². The van der Waals surface area contributed by atoms with Crippen LogP contribution in [0.1, 0.15) is 33.3 Å². The van der Waals surface area contributed by atoms with Gasteiger partial charge in [0.1, 0.15) is 12.4 Å². The summed E-state index contributed by atoms with van der Waals surface area (Å²) < 4.78 is 38.3. The maximum Gasteiger partial charge on any atom is 0.405 e. The van der Waals surface area contributed by atoms with Crippen LogP contribution < -0.4 is 10.2 Å². The fourth-order valence-corrected chi connectivity index (χ4v) is 2.02. The molecule has 6 heteroatoms. The van der Waals surface area contributed by atoms with Gasteiger partial charge in [-0.2, -0.15) is 13.2 Å². The molecule has 21 heavy (non-hydrogen) atoms. The van der Waals surface area contributed by atoms with Gasteiger partial charge in [-0.25, -0.2) is 4.98 Å². The highest BCUT2D eigenvalue weighted by Gasteiger charge is 2.33. The van der Waals surface area contributed by atoms with Crippen LogP contribution in [-0.2, 0) is 6.54 Å². The molecule has 0 spiro atoms. The third kappa shape index (κ3) is 6.33. The lowest BCUT2D eigenvalue weighted by atomic mass is 10.2. The fourth-order valence-electron chi connectivity index (χ4n) is 2.02. The molecular weight excluding hydrogens is 279 g/mol. The Balaban J connectivity index is 2.92. The molecular formula is C15H24F3N3. The van der Waals surface area contributed by atoms with Crippen LogP contribution in [0.2, 0.25) is 0 Å². The summed E-state index contributed by atoms with van der Waals surface area (Å²) in [5.41, 5.74) is 0.788. The Morgan fingerprint density at radius 3 is 2.43 bits per heavy atom. The van der Waals surface area contributed by atoms with E-state index in [2.05, 4.69) is 24.1 Å². The van der Waals surface area contributed by atoms with Gasteiger partial charge in [0, 0.05) is 24.3 Å². The van der Waals surface area contributed by atoms with E-state index in [0.29, 0.717) is 18.3 Å². The Bertz CT molecular complexity index is 430. The Kier molecular flexibility index (Phi) is 6.45. The van der Waals surface area contributed by atoms with E-state index in [4.69, 9.17) is 0 Å². The number of halogens is 3. The van der Waals surface area contributed by atoms with Crippen molar-refractivity contribution in [3.8, 4) is 0 Å². The zero-order valence-corrected chi connectivity index (χ0v) is 13.0. The minimum Gasteiger partial charge on any atom is -0.345 e. The molecule has 0 radical (unpaired) electrons. The summed E-state index contributed by atoms with van der Waals surface area (Å²) in [5, 5.41) is 3.25. The zero-order valence-electron chi connectivity index (χ0n) is 13.0. The Morgan fingerprint density at radius 2 is 1.90 bits per heavy atom. The first kappa shape index (κ1) is 17.8. The number of anilines is 1. The highest BCUT2D eigenvalue weighted by molar-refractivity contribution is 5.47. The molecule has 3 nitrogen and oxygen atoms in total. The summed E-state index contributed by atoms with van der Waals surface area (Å²) in [6.45, 7) is 8.00. The first-order valence-corrected chi connectivity index (χ1v) is 7.18. The van der Waals surface area contributed by atoms with Crippen molar-refractivity contribution >= 4 is 5.82 Å². The van der Waals surface area contributed by atoms with Gasteiger partial charge in [-0.15, -0.1) is 0 Å². The normalized spacial score (nSPS) is 12.2. The van der Waals surface area contributed by atoms with Crippen LogP contribution in [0.15, 0.2) is 18.3 Å². The molecule has 0 saturated carbocycles. The number of pyridine rings is 1. The lowest BCUT2D eigenvalue weighted by Gasteiger charge is -2.30. The van der Waals surface area contributed by atoms with Crippen molar-refractivity contribution in [2.45, 2.75) is 46.5 Å². The molecule has 0 amide bonds. The lowest BCUT2D eigenvalue weighted by Crippen LogP contribution is -2.40. The second-order valence-electron chi connectivity index (χ2n) is 5.85. The average Bonchev–Trinajstić information content (AvgIpc) is 2.35. The van der Waals surface area contributed by atoms with Gasteiger partial charge in [0.05, 0.1) is 0 Å². The molecule has 0 aliphatic rings. The number of alkyl halides is 3. The Hall–Kier alpha value is -1.30. The monoisotopic (exact) mass is 303 g/mol. The van der Waals surface area contributed by atoms with Crippen molar-refractivity contribution in [2.24, 2.45) is 5.92 Å². The summed E-state index contributed by atoms with van der Waals surface area (Å²) in [6, 6.07) is 3.30. The molecule has 0 atom stereocenters. The second-order valence-corrected chi connectivity index (χ2v) is 5.85. The molecule has 1 heterocycles. The van der Waals surface area contributed by atoms with Gasteiger partial charge in [0.2, 0.25) is 0 Å². The van der Waals surface area contributed by atoms with Gasteiger partial charge >= 0.3 is 6.18 Å². The molecule has 0 aliphatic carbocycles. The first-order chi connectivity index (χ1) is 9.70. The maximum atomic E-state index is 12.8. The number of hydrogen-bond acceptors (Lipinski definition) is 3. The average molecular weight is 303 g/mol. The van der Waals surface area contributed by atoms with E-state index in [0.717, 1.165) is 12.1 Å². The standard InChI is InChI=1S/C15H24F3N3/c1-11(2)8-19-9-13-6-5-7-20-14(13)21(12(3)4)10-15(16,17)18/h5-7,11-12,19H,8-10H2,1-4H3. The van der Waals surface area contributed by atoms with Crippen molar-refractivity contribution in [3.05, 3.63) is 23.9 Å². The largest absolute Gasteiger partial charge is 0.405 e. The van der Waals surface area contributed by atoms with Crippen molar-refractivity contribution in [1.29, 1.82) is 0 Å². The molecule has 0 unspecified atom stereocenters. The first-order valence-electron chi connectivity index (χ1n) is 7.18. The smallest absolute Gasteiger partial charge is 0.345 e. The number of aromatic nitrogens is 1. The van der Waals surface area contributed by atoms with E-state index in [1.807, 2.05) is 6.07 Å². The van der Waals surface area contributed by atoms with Crippen LogP contribution in [0.3, 0.4) is 0 Å². The molecule has 0 saturated heterocycles. The SMILES string of the molecule is CC(C)CNCc1cccnc1N(CC(F)(F)F)C(C)C. The van der Waals surface area contributed by atoms with Gasteiger partial charge in [-0.05, 0) is 32.4 Å². The minimum absolute atomic E-state index is 0.273. The van der Waals surface area contributed by atoms with Crippen molar-refractivity contribution in [1.82, 2.24) is 10.3 Å². The number of nitrogens with one attached hydrogen (secondary N) is 1. The van der Waals surface area contributed by atoms with E-state index in [1.165, 1.54) is 11.1 Å². The van der Waals surface area contributed by atoms with Crippen LogP contribution in [0, 0.1) is 5.92 Å². The van der Waals surface area contributed by atoms with Crippen molar-refractivity contribution in [2.75, 3.05) is 18.0 Å². The van der Waals surface area contributed by atoms with Crippen LogP contribution in [0.5, 0.6) is 0 Å². The van der Waals surface area contributed by atoms with Crippen LogP contribution >= 0.6 is 0 Å². The third-order valence-electron chi connectivity index (χ3n) is 2.98. The summed E-state index contributed by atoms with van der Waals surface area (Å²) in [6.07, 6.45) is -2.71. The van der Waals surface area contributed by atoms with E-state index < -0.39 is 12.7 Å². The van der Waals surface area contributed by atoms with Gasteiger partial charge in [0.15, 0.2) is 0 Å². The quantitative estimate of drug-likeness (QED) is 0.834. The molecule has 0 bridgehead atoms. The maximum absolute atomic E-state index is 12.8. The molecule has 0 aromatic carbocycles. The third-order valence-corrected chi connectivity index (χ3v) is 2.98. The molecule has 1 N–H and O–H groups in total. The van der Waals surface area contributed by atoms with Gasteiger partial charge in [-0.1, -0.05) is 19.9 Å². The van der Waals surface area contributed by atoms with E-state index >= 15 is 0 Å². The number of nitrogens with zero attached hydrogens (tertiary/aromatic N) is 2. The summed E-state index contributed by atoms with van der Waals surface area (Å²) in [4.78, 5) is 5.47. The molecule has 1 aromatic heterocycles. The van der Waals surface area contributed by atoms with Crippen LogP contribution in [-0.4, -0.2) is 30.3 Å². The molecule has 1 rings (SSSR count). The summed E-state index contributed by atoms with van der Waals surface area (Å²) in [7, 11) is 0. The number of rotatable bonds is 7. The van der Waals surface area contributed by atoms with Crippen LogP contribution in [0.4, 0.5) is 19.0 Å².